The first-order valence-electron chi connectivity index (χ1n) is 5.22. The largest absolute Gasteiger partial charge is 0.508 e. The molecule has 1 aromatic carbocycles. The van der Waals surface area contributed by atoms with Crippen molar-refractivity contribution in [2.75, 3.05) is 7.05 Å². The van der Waals surface area contributed by atoms with Crippen molar-refractivity contribution < 1.29 is 9.90 Å². The van der Waals surface area contributed by atoms with E-state index in [4.69, 9.17) is 5.11 Å². The third kappa shape index (κ3) is 2.98. The summed E-state index contributed by atoms with van der Waals surface area (Å²) in [5.41, 5.74) is 0.285. The summed E-state index contributed by atoms with van der Waals surface area (Å²) in [5, 5.41) is 20.1. The van der Waals surface area contributed by atoms with Gasteiger partial charge in [-0.05, 0) is 36.4 Å². The van der Waals surface area contributed by atoms with Crippen molar-refractivity contribution in [1.29, 1.82) is 0 Å². The van der Waals surface area contributed by atoms with Crippen molar-refractivity contribution in [3.8, 4) is 5.75 Å². The maximum absolute atomic E-state index is 11.3. The number of phenolic OH excluding ortho intramolecular Hbond substituents is 1. The normalized spacial score (nSPS) is 10.1. The van der Waals surface area contributed by atoms with E-state index in [1.54, 1.807) is 43.4 Å². The van der Waals surface area contributed by atoms with Crippen LogP contribution in [-0.2, 0) is 0 Å². The number of benzene rings is 1. The lowest BCUT2D eigenvalue weighted by Crippen LogP contribution is -2.19. The van der Waals surface area contributed by atoms with E-state index >= 15 is 0 Å². The molecule has 2 N–H and O–H groups in total. The average molecular weight is 261 g/mol. The number of phenols is 1. The Bertz CT molecular complexity index is 540. The number of hydrogen-bond acceptors (Lipinski definition) is 5. The first-order chi connectivity index (χ1) is 8.69. The number of nitrogens with one attached hydrogen (secondary N) is 1. The smallest absolute Gasteiger partial charge is 0.271 e. The second-order valence-corrected chi connectivity index (χ2v) is 4.53. The van der Waals surface area contributed by atoms with Gasteiger partial charge in [0, 0.05) is 11.9 Å². The molecule has 2 aromatic rings. The van der Waals surface area contributed by atoms with Crippen LogP contribution in [0.2, 0.25) is 0 Å². The van der Waals surface area contributed by atoms with Gasteiger partial charge in [0.15, 0.2) is 5.69 Å². The molecular weight excluding hydrogens is 250 g/mol. The van der Waals surface area contributed by atoms with E-state index in [1.165, 1.54) is 11.8 Å². The highest BCUT2D eigenvalue weighted by atomic mass is 32.2. The van der Waals surface area contributed by atoms with Gasteiger partial charge in [-0.1, -0.05) is 11.8 Å². The molecule has 0 unspecified atom stereocenters. The summed E-state index contributed by atoms with van der Waals surface area (Å²) in [6.07, 6.45) is 0. The molecule has 1 aromatic heterocycles. The molecule has 0 aliphatic heterocycles. The minimum Gasteiger partial charge on any atom is -0.508 e. The van der Waals surface area contributed by atoms with Gasteiger partial charge < -0.3 is 10.4 Å². The summed E-state index contributed by atoms with van der Waals surface area (Å²) >= 11 is 1.41. The SMILES string of the molecule is CNC(=O)c1ccc(Sc2ccc(O)cc2)nn1. The zero-order chi connectivity index (χ0) is 13.0. The summed E-state index contributed by atoms with van der Waals surface area (Å²) in [7, 11) is 1.54. The number of carbonyl (C=O) groups excluding carboxylic acids is 1. The fraction of sp³-hybridized carbons (Fsp3) is 0.0833. The quantitative estimate of drug-likeness (QED) is 0.879. The van der Waals surface area contributed by atoms with Gasteiger partial charge in [-0.2, -0.15) is 0 Å². The molecule has 0 saturated carbocycles. The molecule has 1 heterocycles. The van der Waals surface area contributed by atoms with E-state index in [-0.39, 0.29) is 17.4 Å². The van der Waals surface area contributed by atoms with E-state index in [0.717, 1.165) is 4.90 Å². The number of carbonyl (C=O) groups is 1. The van der Waals surface area contributed by atoms with Crippen LogP contribution in [0.3, 0.4) is 0 Å². The minimum atomic E-state index is -0.260. The molecule has 0 radical (unpaired) electrons. The topological polar surface area (TPSA) is 75.1 Å². The van der Waals surface area contributed by atoms with Crippen molar-refractivity contribution >= 4 is 17.7 Å². The Morgan fingerprint density at radius 3 is 2.44 bits per heavy atom. The maximum atomic E-state index is 11.3. The van der Waals surface area contributed by atoms with Crippen molar-refractivity contribution in [2.45, 2.75) is 9.92 Å². The molecular formula is C12H11N3O2S. The van der Waals surface area contributed by atoms with E-state index in [2.05, 4.69) is 15.5 Å². The predicted octanol–water partition coefficient (Wildman–Crippen LogP) is 1.69. The Kier molecular flexibility index (Phi) is 3.78. The van der Waals surface area contributed by atoms with Gasteiger partial charge >= 0.3 is 0 Å². The van der Waals surface area contributed by atoms with Crippen LogP contribution in [0.1, 0.15) is 10.5 Å². The predicted molar refractivity (Wildman–Crippen MR) is 67.7 cm³/mol. The minimum absolute atomic E-state index is 0.223. The molecule has 0 bridgehead atoms. The van der Waals surface area contributed by atoms with Crippen molar-refractivity contribution in [2.24, 2.45) is 0 Å². The van der Waals surface area contributed by atoms with Gasteiger partial charge in [0.05, 0.1) is 0 Å². The van der Waals surface area contributed by atoms with Gasteiger partial charge in [0.1, 0.15) is 10.8 Å². The van der Waals surface area contributed by atoms with Gasteiger partial charge in [-0.3, -0.25) is 4.79 Å². The van der Waals surface area contributed by atoms with E-state index < -0.39 is 0 Å². The zero-order valence-electron chi connectivity index (χ0n) is 9.62. The third-order valence-electron chi connectivity index (χ3n) is 2.16. The number of aromatic hydroxyl groups is 1. The van der Waals surface area contributed by atoms with E-state index in [9.17, 15) is 4.79 Å². The summed E-state index contributed by atoms with van der Waals surface area (Å²) in [6.45, 7) is 0. The number of amides is 1. The Hall–Kier alpha value is -2.08. The fourth-order valence-electron chi connectivity index (χ4n) is 1.26. The van der Waals surface area contributed by atoms with Gasteiger partial charge in [0.2, 0.25) is 0 Å². The Balaban J connectivity index is 2.10. The fourth-order valence-corrected chi connectivity index (χ4v) is 1.99. The number of nitrogens with zero attached hydrogens (tertiary/aromatic N) is 2. The van der Waals surface area contributed by atoms with Crippen LogP contribution in [-0.4, -0.2) is 28.3 Å². The molecule has 92 valence electrons. The zero-order valence-corrected chi connectivity index (χ0v) is 10.4. The van der Waals surface area contributed by atoms with Crippen LogP contribution in [0.5, 0.6) is 5.75 Å². The molecule has 0 spiro atoms. The van der Waals surface area contributed by atoms with Gasteiger partial charge in [0.25, 0.3) is 5.91 Å². The molecule has 0 aliphatic carbocycles. The summed E-state index contributed by atoms with van der Waals surface area (Å²) < 4.78 is 0. The lowest BCUT2D eigenvalue weighted by molar-refractivity contribution is 0.0957. The van der Waals surface area contributed by atoms with Gasteiger partial charge in [-0.15, -0.1) is 10.2 Å². The van der Waals surface area contributed by atoms with Crippen LogP contribution in [0.25, 0.3) is 0 Å². The monoisotopic (exact) mass is 261 g/mol. The molecule has 2 rings (SSSR count). The Labute approximate surface area is 108 Å². The first-order valence-corrected chi connectivity index (χ1v) is 6.03. The van der Waals surface area contributed by atoms with Crippen LogP contribution in [0, 0.1) is 0 Å². The molecule has 0 aliphatic rings. The first kappa shape index (κ1) is 12.4. The summed E-state index contributed by atoms with van der Waals surface area (Å²) in [5.74, 6) is -0.0379. The highest BCUT2D eigenvalue weighted by Crippen LogP contribution is 2.26. The molecule has 0 atom stereocenters. The number of rotatable bonds is 3. The highest BCUT2D eigenvalue weighted by molar-refractivity contribution is 7.99. The van der Waals surface area contributed by atoms with Gasteiger partial charge in [-0.25, -0.2) is 0 Å². The molecule has 0 fully saturated rings. The van der Waals surface area contributed by atoms with Crippen molar-refractivity contribution in [3.63, 3.8) is 0 Å². The maximum Gasteiger partial charge on any atom is 0.271 e. The summed E-state index contributed by atoms with van der Waals surface area (Å²) in [6, 6.07) is 10.1. The van der Waals surface area contributed by atoms with E-state index in [0.29, 0.717) is 5.03 Å². The lowest BCUT2D eigenvalue weighted by Gasteiger charge is -2.01. The van der Waals surface area contributed by atoms with Crippen molar-refractivity contribution in [1.82, 2.24) is 15.5 Å². The molecule has 5 nitrogen and oxygen atoms in total. The van der Waals surface area contributed by atoms with Crippen LogP contribution in [0.4, 0.5) is 0 Å². The molecule has 0 saturated heterocycles. The van der Waals surface area contributed by atoms with Crippen LogP contribution < -0.4 is 5.32 Å². The second kappa shape index (κ2) is 5.50. The van der Waals surface area contributed by atoms with Crippen molar-refractivity contribution in [3.05, 3.63) is 42.1 Å². The average Bonchev–Trinajstić information content (AvgIpc) is 2.41. The Morgan fingerprint density at radius 2 is 1.89 bits per heavy atom. The number of aromatic nitrogens is 2. The molecule has 1 amide bonds. The van der Waals surface area contributed by atoms with Crippen LogP contribution in [0.15, 0.2) is 46.3 Å². The highest BCUT2D eigenvalue weighted by Gasteiger charge is 2.06. The summed E-state index contributed by atoms with van der Waals surface area (Å²) in [4.78, 5) is 12.2. The van der Waals surface area contributed by atoms with Crippen LogP contribution >= 0.6 is 11.8 Å². The van der Waals surface area contributed by atoms with E-state index in [1.807, 2.05) is 0 Å². The lowest BCUT2D eigenvalue weighted by atomic mass is 10.3. The standard InChI is InChI=1S/C12H11N3O2S/c1-13-12(17)10-6-7-11(15-14-10)18-9-4-2-8(16)3-5-9/h2-7,16H,1H3,(H,13,17). The molecule has 6 heteroatoms. The third-order valence-corrected chi connectivity index (χ3v) is 3.09. The second-order valence-electron chi connectivity index (χ2n) is 3.43. The Morgan fingerprint density at radius 1 is 1.17 bits per heavy atom. The molecule has 18 heavy (non-hydrogen) atoms. The number of hydrogen-bond donors (Lipinski definition) is 2.